The maximum atomic E-state index is 5.30. The maximum Gasteiger partial charge on any atom is 0.0934 e. The van der Waals surface area contributed by atoms with Gasteiger partial charge in [-0.3, -0.25) is 0 Å². The van der Waals surface area contributed by atoms with E-state index in [2.05, 4.69) is 17.3 Å². The molecule has 0 unspecified atom stereocenters. The topological polar surface area (TPSA) is 21.3 Å². The number of hydrogen-bond acceptors (Lipinski definition) is 2. The van der Waals surface area contributed by atoms with Gasteiger partial charge in [-0.1, -0.05) is 5.92 Å². The second kappa shape index (κ2) is 4.81. The van der Waals surface area contributed by atoms with Crippen LogP contribution in [-0.4, -0.2) is 19.7 Å². The molecule has 0 saturated carbocycles. The monoisotopic (exact) mass is 151 g/mol. The first-order valence-electron chi connectivity index (χ1n) is 3.89. The lowest BCUT2D eigenvalue weighted by Crippen LogP contribution is -2.15. The maximum absolute atomic E-state index is 5.30. The Morgan fingerprint density at radius 3 is 3.27 bits per heavy atom. The Balaban J connectivity index is 1.99. The van der Waals surface area contributed by atoms with Crippen molar-refractivity contribution in [2.24, 2.45) is 0 Å². The van der Waals surface area contributed by atoms with E-state index in [1.807, 2.05) is 0 Å². The first-order chi connectivity index (χ1) is 5.43. The molecule has 0 amide bonds. The van der Waals surface area contributed by atoms with Crippen molar-refractivity contribution in [2.75, 3.05) is 19.7 Å². The summed E-state index contributed by atoms with van der Waals surface area (Å²) in [7, 11) is 0. The van der Waals surface area contributed by atoms with Gasteiger partial charge < -0.3 is 10.1 Å². The molecule has 0 aromatic carbocycles. The van der Waals surface area contributed by atoms with E-state index >= 15 is 0 Å². The molecular weight excluding hydrogens is 138 g/mol. The first-order valence-corrected chi connectivity index (χ1v) is 3.89. The standard InChI is InChI=1S/C9H13NO/c1-2-6-10-7-5-9-4-3-8-11-9/h1,4,10H,3,5-8H2. The molecule has 1 rings (SSSR count). The van der Waals surface area contributed by atoms with Gasteiger partial charge in [0, 0.05) is 19.4 Å². The van der Waals surface area contributed by atoms with E-state index in [0.717, 1.165) is 31.8 Å². The van der Waals surface area contributed by atoms with Crippen LogP contribution in [0.1, 0.15) is 12.8 Å². The molecule has 1 aliphatic rings. The van der Waals surface area contributed by atoms with Crippen molar-refractivity contribution < 1.29 is 4.74 Å². The van der Waals surface area contributed by atoms with Crippen molar-refractivity contribution in [2.45, 2.75) is 12.8 Å². The van der Waals surface area contributed by atoms with Crippen LogP contribution >= 0.6 is 0 Å². The normalized spacial score (nSPS) is 15.4. The molecule has 2 heteroatoms. The fourth-order valence-corrected chi connectivity index (χ4v) is 1.02. The lowest BCUT2D eigenvalue weighted by atomic mass is 10.3. The van der Waals surface area contributed by atoms with E-state index in [9.17, 15) is 0 Å². The molecule has 0 radical (unpaired) electrons. The third-order valence-corrected chi connectivity index (χ3v) is 1.55. The summed E-state index contributed by atoms with van der Waals surface area (Å²) in [6.07, 6.45) is 9.22. The summed E-state index contributed by atoms with van der Waals surface area (Å²) in [6.45, 7) is 2.41. The van der Waals surface area contributed by atoms with Crippen LogP contribution in [0.4, 0.5) is 0 Å². The second-order valence-electron chi connectivity index (χ2n) is 2.44. The first kappa shape index (κ1) is 8.16. The zero-order chi connectivity index (χ0) is 7.94. The Labute approximate surface area is 67.6 Å². The van der Waals surface area contributed by atoms with Crippen LogP contribution in [-0.2, 0) is 4.74 Å². The molecule has 0 aromatic heterocycles. The summed E-state index contributed by atoms with van der Waals surface area (Å²) in [5, 5.41) is 3.10. The summed E-state index contributed by atoms with van der Waals surface area (Å²) in [5.74, 6) is 3.63. The van der Waals surface area contributed by atoms with Gasteiger partial charge in [0.1, 0.15) is 0 Å². The summed E-state index contributed by atoms with van der Waals surface area (Å²) < 4.78 is 5.30. The molecule has 0 spiro atoms. The van der Waals surface area contributed by atoms with E-state index in [-0.39, 0.29) is 0 Å². The minimum Gasteiger partial charge on any atom is -0.498 e. The van der Waals surface area contributed by atoms with Crippen LogP contribution in [0.3, 0.4) is 0 Å². The predicted octanol–water partition coefficient (Wildman–Crippen LogP) is 0.903. The second-order valence-corrected chi connectivity index (χ2v) is 2.44. The number of nitrogens with one attached hydrogen (secondary N) is 1. The average molecular weight is 151 g/mol. The molecule has 0 aliphatic carbocycles. The minimum absolute atomic E-state index is 0.646. The molecule has 0 saturated heterocycles. The van der Waals surface area contributed by atoms with Gasteiger partial charge >= 0.3 is 0 Å². The highest BCUT2D eigenvalue weighted by molar-refractivity contribution is 4.98. The van der Waals surface area contributed by atoms with Crippen LogP contribution < -0.4 is 5.32 Å². The van der Waals surface area contributed by atoms with Gasteiger partial charge in [0.2, 0.25) is 0 Å². The van der Waals surface area contributed by atoms with Gasteiger partial charge in [-0.15, -0.1) is 6.42 Å². The molecule has 60 valence electrons. The lowest BCUT2D eigenvalue weighted by molar-refractivity contribution is 0.234. The van der Waals surface area contributed by atoms with E-state index in [1.54, 1.807) is 0 Å². The van der Waals surface area contributed by atoms with E-state index in [1.165, 1.54) is 0 Å². The Hall–Kier alpha value is -0.940. The molecule has 1 N–H and O–H groups in total. The largest absolute Gasteiger partial charge is 0.498 e. The Bertz CT molecular complexity index is 178. The van der Waals surface area contributed by atoms with Crippen LogP contribution in [0, 0.1) is 12.3 Å². The van der Waals surface area contributed by atoms with E-state index in [0.29, 0.717) is 6.54 Å². The zero-order valence-electron chi connectivity index (χ0n) is 6.60. The van der Waals surface area contributed by atoms with Gasteiger partial charge in [0.25, 0.3) is 0 Å². The third-order valence-electron chi connectivity index (χ3n) is 1.55. The zero-order valence-corrected chi connectivity index (χ0v) is 6.60. The van der Waals surface area contributed by atoms with Crippen molar-refractivity contribution in [1.82, 2.24) is 5.32 Å². The Kier molecular flexibility index (Phi) is 3.57. The smallest absolute Gasteiger partial charge is 0.0934 e. The summed E-state index contributed by atoms with van der Waals surface area (Å²) in [5.41, 5.74) is 0. The van der Waals surface area contributed by atoms with Crippen LogP contribution in [0.25, 0.3) is 0 Å². The van der Waals surface area contributed by atoms with Crippen molar-refractivity contribution >= 4 is 0 Å². The molecule has 0 aromatic rings. The molecule has 11 heavy (non-hydrogen) atoms. The molecular formula is C9H13NO. The molecule has 0 atom stereocenters. The van der Waals surface area contributed by atoms with Crippen LogP contribution in [0.15, 0.2) is 11.8 Å². The van der Waals surface area contributed by atoms with E-state index in [4.69, 9.17) is 11.2 Å². The molecule has 1 heterocycles. The highest BCUT2D eigenvalue weighted by Crippen LogP contribution is 2.11. The predicted molar refractivity (Wildman–Crippen MR) is 45.0 cm³/mol. The van der Waals surface area contributed by atoms with Gasteiger partial charge in [-0.25, -0.2) is 0 Å². The van der Waals surface area contributed by atoms with Gasteiger partial charge in [-0.2, -0.15) is 0 Å². The fourth-order valence-electron chi connectivity index (χ4n) is 1.02. The van der Waals surface area contributed by atoms with Crippen LogP contribution in [0.2, 0.25) is 0 Å². The molecule has 0 bridgehead atoms. The number of terminal acetylenes is 1. The molecule has 1 aliphatic heterocycles. The number of rotatable bonds is 4. The highest BCUT2D eigenvalue weighted by Gasteiger charge is 2.03. The minimum atomic E-state index is 0.646. The SMILES string of the molecule is C#CCNCCC1=CCCO1. The van der Waals surface area contributed by atoms with Crippen molar-refractivity contribution in [3.8, 4) is 12.3 Å². The molecule has 0 fully saturated rings. The summed E-state index contributed by atoms with van der Waals surface area (Å²) in [4.78, 5) is 0. The fraction of sp³-hybridized carbons (Fsp3) is 0.556. The van der Waals surface area contributed by atoms with Crippen molar-refractivity contribution in [1.29, 1.82) is 0 Å². The lowest BCUT2D eigenvalue weighted by Gasteiger charge is -2.02. The average Bonchev–Trinajstić information content (AvgIpc) is 2.50. The van der Waals surface area contributed by atoms with Crippen LogP contribution in [0.5, 0.6) is 0 Å². The summed E-state index contributed by atoms with van der Waals surface area (Å²) in [6, 6.07) is 0. The Morgan fingerprint density at radius 1 is 1.73 bits per heavy atom. The van der Waals surface area contributed by atoms with Gasteiger partial charge in [0.15, 0.2) is 0 Å². The Morgan fingerprint density at radius 2 is 2.64 bits per heavy atom. The third kappa shape index (κ3) is 3.10. The van der Waals surface area contributed by atoms with Gasteiger partial charge in [-0.05, 0) is 6.08 Å². The number of ether oxygens (including phenoxy) is 1. The quantitative estimate of drug-likeness (QED) is 0.476. The summed E-state index contributed by atoms with van der Waals surface area (Å²) >= 11 is 0. The van der Waals surface area contributed by atoms with E-state index < -0.39 is 0 Å². The highest BCUT2D eigenvalue weighted by atomic mass is 16.5. The van der Waals surface area contributed by atoms with Crippen molar-refractivity contribution in [3.63, 3.8) is 0 Å². The number of hydrogen-bond donors (Lipinski definition) is 1. The molecule has 2 nitrogen and oxygen atoms in total. The van der Waals surface area contributed by atoms with Gasteiger partial charge in [0.05, 0.1) is 18.9 Å². The van der Waals surface area contributed by atoms with Crippen molar-refractivity contribution in [3.05, 3.63) is 11.8 Å².